The van der Waals surface area contributed by atoms with Gasteiger partial charge in [0, 0.05) is 34.1 Å². The molecule has 0 spiro atoms. The Bertz CT molecular complexity index is 3110. The van der Waals surface area contributed by atoms with Gasteiger partial charge < -0.3 is 14.9 Å². The predicted molar refractivity (Wildman–Crippen MR) is 273 cm³/mol. The van der Waals surface area contributed by atoms with Crippen molar-refractivity contribution in [1.82, 2.24) is 0 Å². The molecule has 1 aliphatic heterocycles. The second-order valence-corrected chi connectivity index (χ2v) is 16.3. The third-order valence-corrected chi connectivity index (χ3v) is 12.7. The molecule has 0 atom stereocenters. The van der Waals surface area contributed by atoms with E-state index in [1.165, 1.54) is 38.9 Å². The zero-order valence-electron chi connectivity index (χ0n) is 36.8. The van der Waals surface area contributed by atoms with E-state index in [4.69, 9.17) is 0 Å². The van der Waals surface area contributed by atoms with Gasteiger partial charge in [-0.05, 0) is 153 Å². The lowest BCUT2D eigenvalue weighted by molar-refractivity contribution is 0.475. The first-order chi connectivity index (χ1) is 32.1. The van der Waals surface area contributed by atoms with Gasteiger partial charge in [-0.25, -0.2) is 0 Å². The maximum Gasteiger partial charge on any atom is 0.115 e. The molecular formula is C62H50N2O. The lowest BCUT2D eigenvalue weighted by Gasteiger charge is -2.33. The molecule has 2 aliphatic rings. The van der Waals surface area contributed by atoms with Crippen molar-refractivity contribution < 1.29 is 5.11 Å². The summed E-state index contributed by atoms with van der Waals surface area (Å²) in [5.41, 5.74) is 19.2. The Labute approximate surface area is 383 Å². The number of hydrogen-bond acceptors (Lipinski definition) is 3. The number of allylic oxidation sites excluding steroid dienone is 2. The zero-order valence-corrected chi connectivity index (χ0v) is 36.8. The van der Waals surface area contributed by atoms with Gasteiger partial charge in [0.05, 0.1) is 5.41 Å². The maximum absolute atomic E-state index is 10.3. The Morgan fingerprint density at radius 2 is 1.03 bits per heavy atom. The molecule has 0 saturated carbocycles. The molecule has 0 saturated heterocycles. The quantitative estimate of drug-likeness (QED) is 0.165. The highest BCUT2D eigenvalue weighted by Gasteiger charge is 2.46. The normalized spacial score (nSPS) is 13.1. The molecular weight excluding hydrogens is 789 g/mol. The van der Waals surface area contributed by atoms with E-state index < -0.39 is 5.41 Å². The molecule has 3 nitrogen and oxygen atoms in total. The zero-order chi connectivity index (χ0) is 44.3. The van der Waals surface area contributed by atoms with E-state index in [0.717, 1.165) is 62.8 Å². The highest BCUT2D eigenvalue weighted by molar-refractivity contribution is 5.90. The lowest BCUT2D eigenvalue weighted by atomic mass is 9.67. The summed E-state index contributed by atoms with van der Waals surface area (Å²) in [6.07, 6.45) is 5.14. The van der Waals surface area contributed by atoms with Gasteiger partial charge in [-0.1, -0.05) is 172 Å². The highest BCUT2D eigenvalue weighted by atomic mass is 16.3. The Balaban J connectivity index is 0.00000246. The molecule has 1 N–H and O–H groups in total. The number of aromatic hydroxyl groups is 1. The van der Waals surface area contributed by atoms with Crippen LogP contribution in [0.5, 0.6) is 5.75 Å². The fourth-order valence-corrected chi connectivity index (χ4v) is 9.89. The molecule has 0 bridgehead atoms. The van der Waals surface area contributed by atoms with Gasteiger partial charge >= 0.3 is 0 Å². The SMILES string of the molecule is C=C1C=CCc2cc(-c3ccc(N(c4ccc(O)cc4)c4cccc(-c5ccc6c(c5)-c5ccccc5C6(c5ccccc5)c5ccccc5)c4)cc3)ccc2N1c1ccccc1.CC. The predicted octanol–water partition coefficient (Wildman–Crippen LogP) is 16.3. The molecule has 1 aliphatic carbocycles. The summed E-state index contributed by atoms with van der Waals surface area (Å²) in [7, 11) is 0. The van der Waals surface area contributed by atoms with Crippen LogP contribution in [0.4, 0.5) is 28.4 Å². The minimum atomic E-state index is -0.441. The Morgan fingerprint density at radius 1 is 0.477 bits per heavy atom. The number of anilines is 5. The first-order valence-corrected chi connectivity index (χ1v) is 22.6. The van der Waals surface area contributed by atoms with Crippen molar-refractivity contribution >= 4 is 28.4 Å². The number of benzene rings is 9. The van der Waals surface area contributed by atoms with E-state index in [9.17, 15) is 5.11 Å². The van der Waals surface area contributed by atoms with Gasteiger partial charge in [0.25, 0.3) is 0 Å². The number of nitrogens with zero attached hydrogens (tertiary/aromatic N) is 2. The fraction of sp³-hybridized carbons (Fsp3) is 0.0645. The molecule has 0 amide bonds. The van der Waals surface area contributed by atoms with Crippen LogP contribution in [0.3, 0.4) is 0 Å². The van der Waals surface area contributed by atoms with E-state index in [2.05, 4.69) is 223 Å². The van der Waals surface area contributed by atoms with Crippen molar-refractivity contribution in [3.8, 4) is 39.1 Å². The number of rotatable bonds is 8. The molecule has 314 valence electrons. The lowest BCUT2D eigenvalue weighted by Crippen LogP contribution is -2.28. The van der Waals surface area contributed by atoms with E-state index in [0.29, 0.717) is 0 Å². The summed E-state index contributed by atoms with van der Waals surface area (Å²) < 4.78 is 0. The summed E-state index contributed by atoms with van der Waals surface area (Å²) in [6, 6.07) is 80.0. The second-order valence-electron chi connectivity index (χ2n) is 16.3. The molecule has 1 heterocycles. The van der Waals surface area contributed by atoms with Crippen molar-refractivity contribution in [2.24, 2.45) is 0 Å². The van der Waals surface area contributed by atoms with Gasteiger partial charge in [-0.3, -0.25) is 0 Å². The summed E-state index contributed by atoms with van der Waals surface area (Å²) in [5.74, 6) is 0.232. The smallest absolute Gasteiger partial charge is 0.115 e. The Kier molecular flexibility index (Phi) is 11.0. The average molecular weight is 839 g/mol. The van der Waals surface area contributed by atoms with Gasteiger partial charge in [0.15, 0.2) is 0 Å². The summed E-state index contributed by atoms with van der Waals surface area (Å²) in [4.78, 5) is 4.50. The second kappa shape index (κ2) is 17.6. The van der Waals surface area contributed by atoms with Crippen LogP contribution in [0.2, 0.25) is 0 Å². The molecule has 3 heteroatoms. The molecule has 9 aromatic rings. The van der Waals surface area contributed by atoms with Gasteiger partial charge in [-0.15, -0.1) is 0 Å². The van der Waals surface area contributed by atoms with Crippen molar-refractivity contribution in [1.29, 1.82) is 0 Å². The van der Waals surface area contributed by atoms with E-state index in [1.807, 2.05) is 32.0 Å². The third kappa shape index (κ3) is 7.31. The first kappa shape index (κ1) is 40.9. The first-order valence-electron chi connectivity index (χ1n) is 22.6. The summed E-state index contributed by atoms with van der Waals surface area (Å²) in [5, 5.41) is 10.3. The number of para-hydroxylation sites is 1. The van der Waals surface area contributed by atoms with Gasteiger partial charge in [-0.2, -0.15) is 0 Å². The Hall–Kier alpha value is -8.14. The summed E-state index contributed by atoms with van der Waals surface area (Å²) >= 11 is 0. The van der Waals surface area contributed by atoms with Gasteiger partial charge in [0.1, 0.15) is 5.75 Å². The van der Waals surface area contributed by atoms with Crippen LogP contribution in [-0.2, 0) is 11.8 Å². The molecule has 65 heavy (non-hydrogen) atoms. The molecule has 0 radical (unpaired) electrons. The molecule has 9 aromatic carbocycles. The molecule has 0 unspecified atom stereocenters. The van der Waals surface area contributed by atoms with E-state index >= 15 is 0 Å². The van der Waals surface area contributed by atoms with Crippen LogP contribution in [0.1, 0.15) is 41.7 Å². The highest BCUT2D eigenvalue weighted by Crippen LogP contribution is 2.56. The van der Waals surface area contributed by atoms with Crippen LogP contribution in [0, 0.1) is 0 Å². The maximum atomic E-state index is 10.3. The van der Waals surface area contributed by atoms with E-state index in [1.54, 1.807) is 12.1 Å². The number of phenolic OH excluding ortho intramolecular Hbond substituents is 1. The van der Waals surface area contributed by atoms with Crippen LogP contribution in [-0.4, -0.2) is 5.11 Å². The molecule has 0 fully saturated rings. The van der Waals surface area contributed by atoms with Crippen LogP contribution in [0.15, 0.2) is 249 Å². The van der Waals surface area contributed by atoms with Crippen molar-refractivity contribution in [3.63, 3.8) is 0 Å². The Morgan fingerprint density at radius 3 is 1.72 bits per heavy atom. The molecule has 11 rings (SSSR count). The minimum Gasteiger partial charge on any atom is -0.508 e. The molecule has 0 aromatic heterocycles. The van der Waals surface area contributed by atoms with Crippen molar-refractivity contribution in [2.75, 3.05) is 9.80 Å². The van der Waals surface area contributed by atoms with E-state index in [-0.39, 0.29) is 5.75 Å². The monoisotopic (exact) mass is 838 g/mol. The standard InChI is InChI=1S/C60H44N2O.C2H6/c1-42-15-13-17-47-39-45(30-38-59(47)61(42)50-22-9-4-10-23-50)43-27-31-51(32-28-43)62(52-33-35-54(63)36-34-52)53-24-14-16-44(40-53)46-29-37-58-56(41-46)55-25-11-12-26-57(55)60(58,48-18-5-2-6-19-48)49-20-7-3-8-21-49;1-2/h2-16,18-41,63H,1,17H2;1-2H3. The van der Waals surface area contributed by atoms with Crippen molar-refractivity contribution in [2.45, 2.75) is 25.7 Å². The summed E-state index contributed by atoms with van der Waals surface area (Å²) in [6.45, 7) is 8.38. The number of fused-ring (bicyclic) bond motifs is 4. The topological polar surface area (TPSA) is 26.7 Å². The van der Waals surface area contributed by atoms with Crippen LogP contribution < -0.4 is 9.80 Å². The van der Waals surface area contributed by atoms with Crippen LogP contribution in [0.25, 0.3) is 33.4 Å². The average Bonchev–Trinajstić information content (AvgIpc) is 3.56. The number of hydrogen-bond donors (Lipinski definition) is 1. The minimum absolute atomic E-state index is 0.232. The largest absolute Gasteiger partial charge is 0.508 e. The number of phenols is 1. The van der Waals surface area contributed by atoms with Gasteiger partial charge in [0.2, 0.25) is 0 Å². The van der Waals surface area contributed by atoms with Crippen molar-refractivity contribution in [3.05, 3.63) is 277 Å². The third-order valence-electron chi connectivity index (χ3n) is 12.7. The fourth-order valence-electron chi connectivity index (χ4n) is 9.89. The van der Waals surface area contributed by atoms with Crippen LogP contribution >= 0.6 is 0 Å².